The third kappa shape index (κ3) is 2.87. The summed E-state index contributed by atoms with van der Waals surface area (Å²) in [5, 5.41) is 10.4. The van der Waals surface area contributed by atoms with Gasteiger partial charge < -0.3 is 5.32 Å². The number of nitrogens with zero attached hydrogens (tertiary/aromatic N) is 1. The van der Waals surface area contributed by atoms with Gasteiger partial charge in [-0.15, -0.1) is 0 Å². The highest BCUT2D eigenvalue weighted by Gasteiger charge is 2.11. The second kappa shape index (κ2) is 5.54. The minimum atomic E-state index is -0.556. The van der Waals surface area contributed by atoms with Gasteiger partial charge in [-0.2, -0.15) is 5.10 Å². The van der Waals surface area contributed by atoms with E-state index in [1.807, 2.05) is 6.07 Å². The van der Waals surface area contributed by atoms with Crippen LogP contribution in [-0.4, -0.2) is 16.1 Å². The van der Waals surface area contributed by atoms with Crippen LogP contribution in [0.15, 0.2) is 42.6 Å². The van der Waals surface area contributed by atoms with Gasteiger partial charge in [0.15, 0.2) is 0 Å². The van der Waals surface area contributed by atoms with E-state index in [9.17, 15) is 9.18 Å². The molecule has 0 bridgehead atoms. The Morgan fingerprint density at radius 1 is 1.33 bits per heavy atom. The third-order valence-electron chi connectivity index (χ3n) is 3.11. The summed E-state index contributed by atoms with van der Waals surface area (Å²) in [5.74, 6) is -0.862. The molecule has 3 rings (SSSR count). The van der Waals surface area contributed by atoms with Gasteiger partial charge in [0.05, 0.1) is 23.2 Å². The molecule has 0 aliphatic heterocycles. The Bertz CT molecular complexity index is 816. The Morgan fingerprint density at radius 3 is 3.05 bits per heavy atom. The molecule has 3 aromatic rings. The highest BCUT2D eigenvalue weighted by Crippen LogP contribution is 2.20. The lowest BCUT2D eigenvalue weighted by atomic mass is 10.1. The molecule has 0 saturated heterocycles. The van der Waals surface area contributed by atoms with Crippen molar-refractivity contribution in [2.45, 2.75) is 6.42 Å². The minimum absolute atomic E-state index is 0.0140. The maximum absolute atomic E-state index is 13.7. The predicted octanol–water partition coefficient (Wildman–Crippen LogP) is 3.54. The normalized spacial score (nSPS) is 10.8. The highest BCUT2D eigenvalue weighted by molar-refractivity contribution is 6.30. The van der Waals surface area contributed by atoms with Gasteiger partial charge in [0.25, 0.3) is 0 Å². The Labute approximate surface area is 124 Å². The zero-order valence-corrected chi connectivity index (χ0v) is 11.6. The Balaban J connectivity index is 1.75. The summed E-state index contributed by atoms with van der Waals surface area (Å²) in [6.07, 6.45) is 1.59. The summed E-state index contributed by atoms with van der Waals surface area (Å²) in [4.78, 5) is 12.0. The maximum Gasteiger partial charge on any atom is 0.228 e. The molecule has 2 N–H and O–H groups in total. The van der Waals surface area contributed by atoms with Crippen molar-refractivity contribution < 1.29 is 9.18 Å². The van der Waals surface area contributed by atoms with E-state index in [1.54, 1.807) is 30.5 Å². The first kappa shape index (κ1) is 13.6. The Morgan fingerprint density at radius 2 is 2.19 bits per heavy atom. The average Bonchev–Trinajstić information content (AvgIpc) is 2.91. The molecule has 2 aromatic carbocycles. The van der Waals surface area contributed by atoms with Gasteiger partial charge in [0.2, 0.25) is 5.91 Å². The molecule has 0 saturated carbocycles. The predicted molar refractivity (Wildman–Crippen MR) is 79.8 cm³/mol. The molecule has 0 atom stereocenters. The summed E-state index contributed by atoms with van der Waals surface area (Å²) in [5.41, 5.74) is 1.79. The molecule has 1 heterocycles. The van der Waals surface area contributed by atoms with Crippen molar-refractivity contribution in [1.82, 2.24) is 10.2 Å². The van der Waals surface area contributed by atoms with Gasteiger partial charge in [-0.1, -0.05) is 23.7 Å². The molecule has 4 nitrogen and oxygen atoms in total. The van der Waals surface area contributed by atoms with Gasteiger partial charge in [-0.25, -0.2) is 4.39 Å². The van der Waals surface area contributed by atoms with Crippen molar-refractivity contribution in [3.63, 3.8) is 0 Å². The summed E-state index contributed by atoms with van der Waals surface area (Å²) in [7, 11) is 0. The molecule has 106 valence electrons. The maximum atomic E-state index is 13.7. The molecule has 0 spiro atoms. The Hall–Kier alpha value is -2.40. The van der Waals surface area contributed by atoms with Crippen LogP contribution >= 0.6 is 11.6 Å². The topological polar surface area (TPSA) is 57.8 Å². The number of H-pyrrole nitrogens is 1. The van der Waals surface area contributed by atoms with Crippen LogP contribution in [0.3, 0.4) is 0 Å². The highest BCUT2D eigenvalue weighted by atomic mass is 35.5. The largest absolute Gasteiger partial charge is 0.326 e. The molecule has 0 aliphatic carbocycles. The fourth-order valence-corrected chi connectivity index (χ4v) is 2.28. The van der Waals surface area contributed by atoms with E-state index >= 15 is 0 Å². The first-order valence-corrected chi connectivity index (χ1v) is 6.67. The smallest absolute Gasteiger partial charge is 0.228 e. The number of halogens is 2. The fourth-order valence-electron chi connectivity index (χ4n) is 2.08. The zero-order valence-electron chi connectivity index (χ0n) is 10.9. The summed E-state index contributed by atoms with van der Waals surface area (Å²) < 4.78 is 13.7. The lowest BCUT2D eigenvalue weighted by Crippen LogP contribution is -2.15. The number of aromatic amines is 1. The molecule has 0 unspecified atom stereocenters. The molecule has 1 aromatic heterocycles. The lowest BCUT2D eigenvalue weighted by Gasteiger charge is -2.07. The quantitative estimate of drug-likeness (QED) is 0.777. The zero-order chi connectivity index (χ0) is 14.8. The number of hydrogen-bond donors (Lipinski definition) is 2. The SMILES string of the molecule is O=C(Cc1cccc(Cl)c1F)Nc1ccc2[nH]ncc2c1. The number of aromatic nitrogens is 2. The van der Waals surface area contributed by atoms with Gasteiger partial charge in [0.1, 0.15) is 5.82 Å². The van der Waals surface area contributed by atoms with Crippen molar-refractivity contribution in [1.29, 1.82) is 0 Å². The summed E-state index contributed by atoms with van der Waals surface area (Å²) >= 11 is 5.69. The van der Waals surface area contributed by atoms with Crippen molar-refractivity contribution in [3.05, 3.63) is 59.0 Å². The number of anilines is 1. The van der Waals surface area contributed by atoms with E-state index in [-0.39, 0.29) is 22.9 Å². The second-order valence-electron chi connectivity index (χ2n) is 4.61. The third-order valence-corrected chi connectivity index (χ3v) is 3.40. The van der Waals surface area contributed by atoms with E-state index in [0.29, 0.717) is 5.69 Å². The van der Waals surface area contributed by atoms with Crippen LogP contribution in [0.5, 0.6) is 0 Å². The number of rotatable bonds is 3. The van der Waals surface area contributed by atoms with Gasteiger partial charge in [0, 0.05) is 11.1 Å². The van der Waals surface area contributed by atoms with Crippen LogP contribution in [-0.2, 0) is 11.2 Å². The second-order valence-corrected chi connectivity index (χ2v) is 5.02. The van der Waals surface area contributed by atoms with E-state index in [0.717, 1.165) is 10.9 Å². The monoisotopic (exact) mass is 303 g/mol. The van der Waals surface area contributed by atoms with Crippen molar-refractivity contribution in [2.75, 3.05) is 5.32 Å². The molecule has 21 heavy (non-hydrogen) atoms. The van der Waals surface area contributed by atoms with E-state index in [2.05, 4.69) is 15.5 Å². The summed E-state index contributed by atoms with van der Waals surface area (Å²) in [6, 6.07) is 9.98. The number of fused-ring (bicyclic) bond motifs is 1. The van der Waals surface area contributed by atoms with Gasteiger partial charge >= 0.3 is 0 Å². The first-order valence-electron chi connectivity index (χ1n) is 6.29. The Kier molecular flexibility index (Phi) is 3.58. The lowest BCUT2D eigenvalue weighted by molar-refractivity contribution is -0.115. The van der Waals surface area contributed by atoms with Gasteiger partial charge in [-0.3, -0.25) is 9.89 Å². The molecule has 0 aliphatic rings. The van der Waals surface area contributed by atoms with Crippen molar-refractivity contribution >= 4 is 34.1 Å². The number of hydrogen-bond acceptors (Lipinski definition) is 2. The fraction of sp³-hybridized carbons (Fsp3) is 0.0667. The molecular weight excluding hydrogens is 293 g/mol. The molecule has 0 fully saturated rings. The van der Waals surface area contributed by atoms with Crippen LogP contribution < -0.4 is 5.32 Å². The summed E-state index contributed by atoms with van der Waals surface area (Å²) in [6.45, 7) is 0. The van der Waals surface area contributed by atoms with E-state index in [1.165, 1.54) is 6.07 Å². The minimum Gasteiger partial charge on any atom is -0.326 e. The molecule has 6 heteroatoms. The van der Waals surface area contributed by atoms with Crippen LogP contribution in [0, 0.1) is 5.82 Å². The molecule has 1 amide bonds. The average molecular weight is 304 g/mol. The first-order chi connectivity index (χ1) is 10.1. The number of nitrogens with one attached hydrogen (secondary N) is 2. The standard InChI is InChI=1S/C15H11ClFN3O/c16-12-3-1-2-9(15(12)17)7-14(21)19-11-4-5-13-10(6-11)8-18-20-13/h1-6,8H,7H2,(H,18,20)(H,19,21). The van der Waals surface area contributed by atoms with Crippen LogP contribution in [0.4, 0.5) is 10.1 Å². The number of benzene rings is 2. The van der Waals surface area contributed by atoms with Crippen LogP contribution in [0.2, 0.25) is 5.02 Å². The van der Waals surface area contributed by atoms with E-state index < -0.39 is 5.82 Å². The van der Waals surface area contributed by atoms with Gasteiger partial charge in [-0.05, 0) is 29.8 Å². The number of carbonyl (C=O) groups is 1. The number of amides is 1. The molecule has 0 radical (unpaired) electrons. The molecular formula is C15H11ClFN3O. The van der Waals surface area contributed by atoms with Crippen LogP contribution in [0.1, 0.15) is 5.56 Å². The van der Waals surface area contributed by atoms with E-state index in [4.69, 9.17) is 11.6 Å². The van der Waals surface area contributed by atoms with Crippen molar-refractivity contribution in [2.24, 2.45) is 0 Å². The number of carbonyl (C=O) groups excluding carboxylic acids is 1. The van der Waals surface area contributed by atoms with Crippen molar-refractivity contribution in [3.8, 4) is 0 Å². The van der Waals surface area contributed by atoms with Crippen LogP contribution in [0.25, 0.3) is 10.9 Å².